The van der Waals surface area contributed by atoms with Crippen molar-refractivity contribution in [2.75, 3.05) is 0 Å². The van der Waals surface area contributed by atoms with Crippen LogP contribution in [0.15, 0.2) is 0 Å². The molecule has 0 saturated heterocycles. The molecule has 2 aliphatic rings. The molecule has 1 atom stereocenters. The molecule has 0 aromatic carbocycles. The molecule has 0 aromatic rings. The Morgan fingerprint density at radius 2 is 1.61 bits per heavy atom. The summed E-state index contributed by atoms with van der Waals surface area (Å²) in [5.41, 5.74) is 0.0714. The second-order valence-electron chi connectivity index (χ2n) is 9.32. The molecular formula is C19H36N2O2. The summed E-state index contributed by atoms with van der Waals surface area (Å²) < 4.78 is 5.35. The molecule has 1 unspecified atom stereocenters. The molecule has 2 saturated carbocycles. The van der Waals surface area contributed by atoms with Crippen LogP contribution in [0.4, 0.5) is 4.79 Å². The molecule has 0 aromatic heterocycles. The van der Waals surface area contributed by atoms with Crippen molar-refractivity contribution in [2.24, 2.45) is 5.41 Å². The first-order valence-corrected chi connectivity index (χ1v) is 9.38. The van der Waals surface area contributed by atoms with Crippen molar-refractivity contribution < 1.29 is 9.53 Å². The third-order valence-corrected chi connectivity index (χ3v) is 5.12. The number of hydrogen-bond acceptors (Lipinski definition) is 3. The maximum atomic E-state index is 11.8. The molecule has 0 aliphatic heterocycles. The molecule has 2 fully saturated rings. The van der Waals surface area contributed by atoms with E-state index in [1.165, 1.54) is 25.7 Å². The molecule has 2 rings (SSSR count). The number of alkyl carbamates (subject to hydrolysis) is 1. The topological polar surface area (TPSA) is 50.4 Å². The smallest absolute Gasteiger partial charge is 0.407 e. The summed E-state index contributed by atoms with van der Waals surface area (Å²) in [4.78, 5) is 11.8. The first-order chi connectivity index (χ1) is 10.6. The summed E-state index contributed by atoms with van der Waals surface area (Å²) in [5, 5.41) is 6.91. The lowest BCUT2D eigenvalue weighted by Crippen LogP contribution is -2.47. The molecule has 0 spiro atoms. The van der Waals surface area contributed by atoms with E-state index in [4.69, 9.17) is 4.74 Å². The second kappa shape index (κ2) is 7.42. The van der Waals surface area contributed by atoms with Crippen LogP contribution in [0, 0.1) is 5.41 Å². The Kier molecular flexibility index (Phi) is 5.99. The van der Waals surface area contributed by atoms with Gasteiger partial charge in [0.2, 0.25) is 0 Å². The summed E-state index contributed by atoms with van der Waals surface area (Å²) in [7, 11) is 0. The molecule has 0 heterocycles. The van der Waals surface area contributed by atoms with Crippen LogP contribution in [-0.4, -0.2) is 29.8 Å². The van der Waals surface area contributed by atoms with Crippen LogP contribution in [0.1, 0.15) is 86.0 Å². The van der Waals surface area contributed by atoms with Gasteiger partial charge in [0.25, 0.3) is 0 Å². The van der Waals surface area contributed by atoms with E-state index < -0.39 is 5.60 Å². The molecule has 1 amide bonds. The minimum Gasteiger partial charge on any atom is -0.444 e. The van der Waals surface area contributed by atoms with E-state index in [0.29, 0.717) is 17.5 Å². The Bertz CT molecular complexity index is 393. The van der Waals surface area contributed by atoms with Crippen LogP contribution >= 0.6 is 0 Å². The highest BCUT2D eigenvalue weighted by molar-refractivity contribution is 5.68. The van der Waals surface area contributed by atoms with Gasteiger partial charge < -0.3 is 15.4 Å². The zero-order valence-corrected chi connectivity index (χ0v) is 15.7. The summed E-state index contributed by atoms with van der Waals surface area (Å²) in [5.74, 6) is 0. The van der Waals surface area contributed by atoms with Crippen LogP contribution in [0.2, 0.25) is 0 Å². The van der Waals surface area contributed by atoms with Gasteiger partial charge in [-0.1, -0.05) is 20.3 Å². The molecule has 0 bridgehead atoms. The summed E-state index contributed by atoms with van der Waals surface area (Å²) in [6.45, 7) is 10.5. The fraction of sp³-hybridized carbons (Fsp3) is 0.947. The molecule has 4 heteroatoms. The van der Waals surface area contributed by atoms with Gasteiger partial charge in [0.1, 0.15) is 5.60 Å². The molecule has 23 heavy (non-hydrogen) atoms. The van der Waals surface area contributed by atoms with Gasteiger partial charge in [-0.2, -0.15) is 0 Å². The molecule has 2 aliphatic carbocycles. The van der Waals surface area contributed by atoms with Gasteiger partial charge in [0, 0.05) is 18.1 Å². The van der Waals surface area contributed by atoms with Crippen molar-refractivity contribution in [3.63, 3.8) is 0 Å². The third-order valence-electron chi connectivity index (χ3n) is 5.12. The monoisotopic (exact) mass is 324 g/mol. The number of carbonyl (C=O) groups excluding carboxylic acids is 1. The average molecular weight is 325 g/mol. The minimum atomic E-state index is -0.420. The SMILES string of the molecule is CC1(C)CCCC(NC2CCC(NC(=O)OC(C)(C)C)CC2)C1. The number of amides is 1. The Hall–Kier alpha value is -0.770. The number of carbonyl (C=O) groups is 1. The zero-order chi connectivity index (χ0) is 17.1. The quantitative estimate of drug-likeness (QED) is 0.810. The molecule has 0 radical (unpaired) electrons. The van der Waals surface area contributed by atoms with E-state index >= 15 is 0 Å². The number of nitrogens with one attached hydrogen (secondary N) is 2. The third kappa shape index (κ3) is 6.70. The Balaban J connectivity index is 1.69. The Morgan fingerprint density at radius 1 is 1.00 bits per heavy atom. The van der Waals surface area contributed by atoms with Crippen molar-refractivity contribution in [2.45, 2.75) is 110 Å². The summed E-state index contributed by atoms with van der Waals surface area (Å²) >= 11 is 0. The highest BCUT2D eigenvalue weighted by Gasteiger charge is 2.31. The van der Waals surface area contributed by atoms with E-state index in [2.05, 4.69) is 24.5 Å². The van der Waals surface area contributed by atoms with Crippen LogP contribution < -0.4 is 10.6 Å². The Morgan fingerprint density at radius 3 is 2.17 bits per heavy atom. The van der Waals surface area contributed by atoms with Gasteiger partial charge in [0.05, 0.1) is 0 Å². The van der Waals surface area contributed by atoms with Gasteiger partial charge >= 0.3 is 6.09 Å². The van der Waals surface area contributed by atoms with Crippen molar-refractivity contribution >= 4 is 6.09 Å². The predicted octanol–water partition coefficient (Wildman–Crippen LogP) is 4.38. The number of ether oxygens (including phenoxy) is 1. The summed E-state index contributed by atoms with van der Waals surface area (Å²) in [6, 6.07) is 1.57. The van der Waals surface area contributed by atoms with E-state index in [9.17, 15) is 4.79 Å². The Labute approximate surface area is 142 Å². The first kappa shape index (κ1) is 18.6. The molecule has 134 valence electrons. The maximum Gasteiger partial charge on any atom is 0.407 e. The molecular weight excluding hydrogens is 288 g/mol. The van der Waals surface area contributed by atoms with E-state index in [1.807, 2.05) is 20.8 Å². The zero-order valence-electron chi connectivity index (χ0n) is 15.7. The van der Waals surface area contributed by atoms with E-state index in [-0.39, 0.29) is 12.1 Å². The van der Waals surface area contributed by atoms with Gasteiger partial charge in [-0.25, -0.2) is 4.79 Å². The number of hydrogen-bond donors (Lipinski definition) is 2. The minimum absolute atomic E-state index is 0.269. The largest absolute Gasteiger partial charge is 0.444 e. The van der Waals surface area contributed by atoms with Crippen molar-refractivity contribution in [3.05, 3.63) is 0 Å². The average Bonchev–Trinajstić information content (AvgIpc) is 2.37. The van der Waals surface area contributed by atoms with E-state index in [0.717, 1.165) is 25.7 Å². The van der Waals surface area contributed by atoms with E-state index in [1.54, 1.807) is 0 Å². The second-order valence-corrected chi connectivity index (χ2v) is 9.32. The van der Waals surface area contributed by atoms with Gasteiger partial charge in [-0.05, 0) is 71.1 Å². The van der Waals surface area contributed by atoms with Crippen molar-refractivity contribution in [1.29, 1.82) is 0 Å². The van der Waals surface area contributed by atoms with Gasteiger partial charge in [-0.15, -0.1) is 0 Å². The van der Waals surface area contributed by atoms with Crippen LogP contribution in [0.3, 0.4) is 0 Å². The lowest BCUT2D eigenvalue weighted by Gasteiger charge is -2.39. The molecule has 2 N–H and O–H groups in total. The standard InChI is InChI=1S/C19H36N2O2/c1-18(2,3)23-17(22)21-15-10-8-14(9-11-15)20-16-7-6-12-19(4,5)13-16/h14-16,20H,6-13H2,1-5H3,(H,21,22). The van der Waals surface area contributed by atoms with Crippen molar-refractivity contribution in [1.82, 2.24) is 10.6 Å². The van der Waals surface area contributed by atoms with Crippen LogP contribution in [-0.2, 0) is 4.74 Å². The fourth-order valence-electron chi connectivity index (χ4n) is 4.05. The fourth-order valence-corrected chi connectivity index (χ4v) is 4.05. The first-order valence-electron chi connectivity index (χ1n) is 9.38. The van der Waals surface area contributed by atoms with Gasteiger partial charge in [-0.3, -0.25) is 0 Å². The normalized spacial score (nSPS) is 31.4. The van der Waals surface area contributed by atoms with Crippen LogP contribution in [0.5, 0.6) is 0 Å². The van der Waals surface area contributed by atoms with Crippen molar-refractivity contribution in [3.8, 4) is 0 Å². The van der Waals surface area contributed by atoms with Crippen LogP contribution in [0.25, 0.3) is 0 Å². The highest BCUT2D eigenvalue weighted by atomic mass is 16.6. The maximum absolute atomic E-state index is 11.8. The highest BCUT2D eigenvalue weighted by Crippen LogP contribution is 2.35. The summed E-state index contributed by atoms with van der Waals surface area (Å²) in [6.07, 6.45) is 9.44. The predicted molar refractivity (Wildman–Crippen MR) is 94.6 cm³/mol. The number of rotatable bonds is 3. The van der Waals surface area contributed by atoms with Gasteiger partial charge in [0.15, 0.2) is 0 Å². The lowest BCUT2D eigenvalue weighted by atomic mass is 9.74. The lowest BCUT2D eigenvalue weighted by molar-refractivity contribution is 0.0488. The molecule has 4 nitrogen and oxygen atoms in total.